The number of nitrogens with zero attached hydrogens (tertiary/aromatic N) is 2. The summed E-state index contributed by atoms with van der Waals surface area (Å²) < 4.78 is 45.7. The Kier molecular flexibility index (Phi) is 8.17. The first kappa shape index (κ1) is 25.9. The summed E-state index contributed by atoms with van der Waals surface area (Å²) >= 11 is 0. The van der Waals surface area contributed by atoms with Crippen LogP contribution in [0, 0.1) is 5.41 Å². The van der Waals surface area contributed by atoms with Gasteiger partial charge in [-0.2, -0.15) is 13.2 Å². The summed E-state index contributed by atoms with van der Waals surface area (Å²) in [6, 6.07) is -0.154. The van der Waals surface area contributed by atoms with Crippen LogP contribution in [0.15, 0.2) is 18.5 Å². The van der Waals surface area contributed by atoms with Gasteiger partial charge in [0, 0.05) is 38.1 Å². The van der Waals surface area contributed by atoms with Crippen molar-refractivity contribution in [2.75, 3.05) is 26.3 Å². The molecule has 0 radical (unpaired) electrons. The number of alkyl halides is 3. The van der Waals surface area contributed by atoms with E-state index >= 15 is 0 Å². The minimum atomic E-state index is -4.67. The van der Waals surface area contributed by atoms with Crippen molar-refractivity contribution in [1.82, 2.24) is 20.5 Å². The standard InChI is InChI=1S/C23H31F3N4O4/c1-15-14-34-12-4-3-6-22(21(33)29-16(2)19(31)28-15)7-10-30(11-8-22)20(32)17-13-27-9-5-18(17)23(24,25)26/h5,9,13,15-16H,3-4,6-8,10-12,14H2,1-2H3,(H,28,31)(H,29,33)/t15-,16-/m0/s1. The van der Waals surface area contributed by atoms with Crippen LogP contribution in [0.2, 0.25) is 0 Å². The van der Waals surface area contributed by atoms with Crippen LogP contribution in [-0.4, -0.2) is 66.0 Å². The maximum Gasteiger partial charge on any atom is 0.417 e. The fourth-order valence-electron chi connectivity index (χ4n) is 4.46. The molecule has 1 aromatic rings. The first-order valence-electron chi connectivity index (χ1n) is 11.5. The molecule has 2 aliphatic rings. The van der Waals surface area contributed by atoms with Crippen molar-refractivity contribution >= 4 is 17.7 Å². The molecule has 2 saturated heterocycles. The van der Waals surface area contributed by atoms with Crippen LogP contribution in [0.1, 0.15) is 61.9 Å². The monoisotopic (exact) mass is 484 g/mol. The summed E-state index contributed by atoms with van der Waals surface area (Å²) in [6.07, 6.45) is -0.172. The molecule has 2 atom stereocenters. The molecule has 188 valence electrons. The molecule has 2 fully saturated rings. The molecule has 2 aliphatic heterocycles. The second-order valence-electron chi connectivity index (χ2n) is 9.13. The van der Waals surface area contributed by atoms with Crippen LogP contribution in [0.4, 0.5) is 13.2 Å². The van der Waals surface area contributed by atoms with E-state index in [4.69, 9.17) is 4.74 Å². The molecule has 3 heterocycles. The minimum absolute atomic E-state index is 0.132. The summed E-state index contributed by atoms with van der Waals surface area (Å²) in [5, 5.41) is 5.61. The van der Waals surface area contributed by atoms with Gasteiger partial charge >= 0.3 is 6.18 Å². The van der Waals surface area contributed by atoms with E-state index in [1.54, 1.807) is 6.92 Å². The van der Waals surface area contributed by atoms with Crippen LogP contribution in [0.25, 0.3) is 0 Å². The Morgan fingerprint density at radius 3 is 2.53 bits per heavy atom. The fourth-order valence-corrected chi connectivity index (χ4v) is 4.46. The second-order valence-corrected chi connectivity index (χ2v) is 9.13. The van der Waals surface area contributed by atoms with Crippen molar-refractivity contribution in [3.63, 3.8) is 0 Å². The highest BCUT2D eigenvalue weighted by atomic mass is 19.4. The van der Waals surface area contributed by atoms with Gasteiger partial charge in [-0.1, -0.05) is 6.42 Å². The normalized spacial score (nSPS) is 24.9. The molecular formula is C23H31F3N4O4. The summed E-state index contributed by atoms with van der Waals surface area (Å²) in [6.45, 7) is 4.57. The Morgan fingerprint density at radius 2 is 1.85 bits per heavy atom. The third-order valence-electron chi connectivity index (χ3n) is 6.54. The molecule has 0 aromatic carbocycles. The van der Waals surface area contributed by atoms with Crippen molar-refractivity contribution < 1.29 is 32.3 Å². The van der Waals surface area contributed by atoms with Gasteiger partial charge in [0.25, 0.3) is 5.91 Å². The van der Waals surface area contributed by atoms with E-state index in [1.165, 1.54) is 4.90 Å². The molecule has 3 amide bonds. The summed E-state index contributed by atoms with van der Waals surface area (Å²) in [4.78, 5) is 43.6. The molecule has 8 nitrogen and oxygen atoms in total. The van der Waals surface area contributed by atoms with Crippen molar-refractivity contribution in [3.05, 3.63) is 29.6 Å². The largest absolute Gasteiger partial charge is 0.417 e. The quantitative estimate of drug-likeness (QED) is 0.638. The van der Waals surface area contributed by atoms with E-state index in [-0.39, 0.29) is 43.8 Å². The van der Waals surface area contributed by atoms with Crippen molar-refractivity contribution in [2.24, 2.45) is 5.41 Å². The number of aromatic nitrogens is 1. The average molecular weight is 485 g/mol. The van der Waals surface area contributed by atoms with E-state index in [0.29, 0.717) is 26.1 Å². The predicted molar refractivity (Wildman–Crippen MR) is 117 cm³/mol. The topological polar surface area (TPSA) is 101 Å². The maximum atomic E-state index is 13.4. The first-order valence-corrected chi connectivity index (χ1v) is 11.5. The zero-order valence-corrected chi connectivity index (χ0v) is 19.4. The summed E-state index contributed by atoms with van der Waals surface area (Å²) in [7, 11) is 0. The molecule has 1 aromatic heterocycles. The van der Waals surface area contributed by atoms with Crippen molar-refractivity contribution in [1.29, 1.82) is 0 Å². The Morgan fingerprint density at radius 1 is 1.15 bits per heavy atom. The van der Waals surface area contributed by atoms with E-state index in [0.717, 1.165) is 24.9 Å². The minimum Gasteiger partial charge on any atom is -0.379 e. The Hall–Kier alpha value is -2.69. The number of amides is 3. The van der Waals surface area contributed by atoms with Crippen molar-refractivity contribution in [2.45, 2.75) is 64.2 Å². The number of hydrogen-bond acceptors (Lipinski definition) is 5. The zero-order chi connectivity index (χ0) is 24.9. The lowest BCUT2D eigenvalue weighted by Crippen LogP contribution is -2.55. The van der Waals surface area contributed by atoms with Crippen LogP contribution < -0.4 is 10.6 Å². The summed E-state index contributed by atoms with van der Waals surface area (Å²) in [5.74, 6) is -1.34. The van der Waals surface area contributed by atoms with E-state index < -0.39 is 34.7 Å². The number of rotatable bonds is 1. The fraction of sp³-hybridized carbons (Fsp3) is 0.652. The van der Waals surface area contributed by atoms with Gasteiger partial charge in [-0.15, -0.1) is 0 Å². The molecular weight excluding hydrogens is 453 g/mol. The number of hydrogen-bond donors (Lipinski definition) is 2. The van der Waals surface area contributed by atoms with Gasteiger partial charge in [-0.3, -0.25) is 19.4 Å². The lowest BCUT2D eigenvalue weighted by molar-refractivity contribution is -0.138. The van der Waals surface area contributed by atoms with Gasteiger partial charge < -0.3 is 20.3 Å². The second kappa shape index (κ2) is 10.7. The van der Waals surface area contributed by atoms with E-state index in [1.807, 2.05) is 6.92 Å². The lowest BCUT2D eigenvalue weighted by atomic mass is 9.73. The van der Waals surface area contributed by atoms with Gasteiger partial charge in [0.2, 0.25) is 11.8 Å². The highest BCUT2D eigenvalue weighted by Crippen LogP contribution is 2.38. The molecule has 0 unspecified atom stereocenters. The molecule has 0 saturated carbocycles. The number of likely N-dealkylation sites (tertiary alicyclic amines) is 1. The molecule has 1 spiro atoms. The number of nitrogens with one attached hydrogen (secondary N) is 2. The highest BCUT2D eigenvalue weighted by Gasteiger charge is 2.44. The highest BCUT2D eigenvalue weighted by molar-refractivity contribution is 5.96. The molecule has 2 N–H and O–H groups in total. The van der Waals surface area contributed by atoms with E-state index in [2.05, 4.69) is 15.6 Å². The summed E-state index contributed by atoms with van der Waals surface area (Å²) in [5.41, 5.74) is -2.34. The van der Waals surface area contributed by atoms with Gasteiger partial charge in [-0.25, -0.2) is 0 Å². The Labute approximate surface area is 196 Å². The van der Waals surface area contributed by atoms with Crippen LogP contribution in [0.3, 0.4) is 0 Å². The van der Waals surface area contributed by atoms with Crippen LogP contribution in [-0.2, 0) is 20.5 Å². The Bertz CT molecular complexity index is 900. The first-order chi connectivity index (χ1) is 16.0. The Balaban J connectivity index is 1.74. The zero-order valence-electron chi connectivity index (χ0n) is 19.4. The number of pyridine rings is 1. The molecule has 34 heavy (non-hydrogen) atoms. The van der Waals surface area contributed by atoms with Crippen LogP contribution >= 0.6 is 0 Å². The van der Waals surface area contributed by atoms with Crippen LogP contribution in [0.5, 0.6) is 0 Å². The van der Waals surface area contributed by atoms with Gasteiger partial charge in [0.1, 0.15) is 6.04 Å². The number of piperidine rings is 1. The average Bonchev–Trinajstić information content (AvgIpc) is 2.80. The SMILES string of the molecule is C[C@@H]1NC(=O)C2(CCCCOC[C@H](C)NC1=O)CCN(C(=O)c1cnccc1C(F)(F)F)CC2. The van der Waals surface area contributed by atoms with Gasteiger partial charge in [0.15, 0.2) is 0 Å². The van der Waals surface area contributed by atoms with Gasteiger partial charge in [-0.05, 0) is 45.6 Å². The molecule has 3 rings (SSSR count). The third kappa shape index (κ3) is 6.05. The van der Waals surface area contributed by atoms with E-state index in [9.17, 15) is 27.6 Å². The lowest BCUT2D eigenvalue weighted by Gasteiger charge is -2.41. The maximum absolute atomic E-state index is 13.4. The smallest absolute Gasteiger partial charge is 0.379 e. The number of carbonyl (C=O) groups is 3. The molecule has 0 bridgehead atoms. The number of ether oxygens (including phenoxy) is 1. The van der Waals surface area contributed by atoms with Crippen molar-refractivity contribution in [3.8, 4) is 0 Å². The van der Waals surface area contributed by atoms with Gasteiger partial charge in [0.05, 0.1) is 23.1 Å². The molecule has 0 aliphatic carbocycles. The molecule has 11 heteroatoms. The number of carbonyl (C=O) groups excluding carboxylic acids is 3. The predicted octanol–water partition coefficient (Wildman–Crippen LogP) is 2.53. The number of halogens is 3. The third-order valence-corrected chi connectivity index (χ3v) is 6.54.